The maximum Gasteiger partial charge on any atom is 0.337 e. The minimum absolute atomic E-state index is 0. The van der Waals surface area contributed by atoms with E-state index in [0.717, 1.165) is 0 Å². The van der Waals surface area contributed by atoms with Gasteiger partial charge in [0.1, 0.15) is 0 Å². The Hall–Kier alpha value is -1.19. The predicted molar refractivity (Wildman–Crippen MR) is 96.5 cm³/mol. The van der Waals surface area contributed by atoms with Crippen molar-refractivity contribution in [2.24, 2.45) is 5.73 Å². The van der Waals surface area contributed by atoms with Crippen LogP contribution in [0.1, 0.15) is 28.8 Å². The molecule has 9 heteroatoms. The van der Waals surface area contributed by atoms with E-state index in [2.05, 4.69) is 4.74 Å². The Morgan fingerprint density at radius 3 is 2.60 bits per heavy atom. The molecule has 1 aliphatic heterocycles. The number of halogens is 1. The minimum atomic E-state index is -3.76. The van der Waals surface area contributed by atoms with E-state index in [1.54, 1.807) is 26.2 Å². The van der Waals surface area contributed by atoms with Gasteiger partial charge in [0.25, 0.3) is 0 Å². The van der Waals surface area contributed by atoms with Crippen LogP contribution in [0.15, 0.2) is 23.1 Å². The van der Waals surface area contributed by atoms with Gasteiger partial charge in [0.2, 0.25) is 10.0 Å². The Morgan fingerprint density at radius 1 is 1.36 bits per heavy atom. The zero-order valence-corrected chi connectivity index (χ0v) is 16.2. The summed E-state index contributed by atoms with van der Waals surface area (Å²) >= 11 is 0. The van der Waals surface area contributed by atoms with E-state index in [1.807, 2.05) is 0 Å². The van der Waals surface area contributed by atoms with E-state index in [0.29, 0.717) is 24.9 Å². The van der Waals surface area contributed by atoms with Crippen molar-refractivity contribution in [3.05, 3.63) is 29.3 Å². The highest BCUT2D eigenvalue weighted by Crippen LogP contribution is 2.28. The molecule has 1 heterocycles. The highest BCUT2D eigenvalue weighted by Gasteiger charge is 2.37. The Morgan fingerprint density at radius 2 is 2.04 bits per heavy atom. The van der Waals surface area contributed by atoms with Gasteiger partial charge < -0.3 is 15.2 Å². The first-order chi connectivity index (χ1) is 11.3. The van der Waals surface area contributed by atoms with Gasteiger partial charge in [0.15, 0.2) is 0 Å². The molecule has 1 aromatic carbocycles. The summed E-state index contributed by atoms with van der Waals surface area (Å²) in [6.07, 6.45) is 1.18. The van der Waals surface area contributed by atoms with Crippen LogP contribution in [0.25, 0.3) is 0 Å². The minimum Gasteiger partial charge on any atom is -0.465 e. The summed E-state index contributed by atoms with van der Waals surface area (Å²) in [7, 11) is -0.882. The molecule has 1 aromatic rings. The van der Waals surface area contributed by atoms with Crippen LogP contribution in [0, 0.1) is 6.92 Å². The summed E-state index contributed by atoms with van der Waals surface area (Å²) in [6.45, 7) is 2.26. The highest BCUT2D eigenvalue weighted by molar-refractivity contribution is 7.89. The van der Waals surface area contributed by atoms with Crippen LogP contribution in [-0.2, 0) is 19.5 Å². The van der Waals surface area contributed by atoms with Crippen molar-refractivity contribution in [1.29, 1.82) is 0 Å². The first-order valence-corrected chi connectivity index (χ1v) is 9.22. The number of nitrogens with zero attached hydrogens (tertiary/aromatic N) is 1. The lowest BCUT2D eigenvalue weighted by Crippen LogP contribution is -2.51. The SMILES string of the molecule is COC(=O)c1ccc(C)c(S(=O)(=O)N2CCC(OC)CC2CN)c1.Cl. The third-order valence-corrected chi connectivity index (χ3v) is 6.51. The molecule has 0 saturated carbocycles. The number of piperidine rings is 1. The van der Waals surface area contributed by atoms with Gasteiger partial charge in [-0.3, -0.25) is 0 Å². The second-order valence-corrected chi connectivity index (χ2v) is 7.72. The number of benzene rings is 1. The van der Waals surface area contributed by atoms with Crippen molar-refractivity contribution in [1.82, 2.24) is 4.31 Å². The lowest BCUT2D eigenvalue weighted by molar-refractivity contribution is 0.0401. The Kier molecular flexibility index (Phi) is 7.83. The molecule has 0 spiro atoms. The number of carbonyl (C=O) groups is 1. The number of nitrogens with two attached hydrogens (primary N) is 1. The number of hydrogen-bond donors (Lipinski definition) is 1. The third-order valence-electron chi connectivity index (χ3n) is 4.41. The highest BCUT2D eigenvalue weighted by atomic mass is 35.5. The molecule has 0 aliphatic carbocycles. The molecular formula is C16H25ClN2O5S. The van der Waals surface area contributed by atoms with E-state index in [1.165, 1.54) is 17.5 Å². The molecule has 0 amide bonds. The third kappa shape index (κ3) is 4.51. The number of esters is 1. The molecule has 0 aromatic heterocycles. The van der Waals surface area contributed by atoms with E-state index in [-0.39, 0.29) is 41.6 Å². The van der Waals surface area contributed by atoms with Crippen LogP contribution in [0.5, 0.6) is 0 Å². The zero-order valence-electron chi connectivity index (χ0n) is 14.6. The molecule has 25 heavy (non-hydrogen) atoms. The van der Waals surface area contributed by atoms with Crippen LogP contribution in [0.4, 0.5) is 0 Å². The standard InChI is InChI=1S/C16H24N2O5S.ClH/c1-11-4-5-12(16(19)23-3)8-15(11)24(20,21)18-7-6-14(22-2)9-13(18)10-17;/h4-5,8,13-14H,6-7,9-10,17H2,1-3H3;1H. The van der Waals surface area contributed by atoms with Crippen molar-refractivity contribution in [3.8, 4) is 0 Å². The van der Waals surface area contributed by atoms with E-state index >= 15 is 0 Å². The van der Waals surface area contributed by atoms with Crippen molar-refractivity contribution >= 4 is 28.4 Å². The average Bonchev–Trinajstić information content (AvgIpc) is 2.60. The molecule has 2 unspecified atom stereocenters. The van der Waals surface area contributed by atoms with Crippen molar-refractivity contribution in [3.63, 3.8) is 0 Å². The summed E-state index contributed by atoms with van der Waals surface area (Å²) in [4.78, 5) is 11.8. The van der Waals surface area contributed by atoms with Gasteiger partial charge in [0, 0.05) is 26.2 Å². The molecule has 7 nitrogen and oxygen atoms in total. The maximum atomic E-state index is 13.1. The molecule has 1 aliphatic rings. The molecule has 142 valence electrons. The smallest absolute Gasteiger partial charge is 0.337 e. The van der Waals surface area contributed by atoms with Gasteiger partial charge in [0.05, 0.1) is 23.7 Å². The van der Waals surface area contributed by atoms with Crippen molar-refractivity contribution < 1.29 is 22.7 Å². The van der Waals surface area contributed by atoms with Gasteiger partial charge in [-0.05, 0) is 37.5 Å². The van der Waals surface area contributed by atoms with Crippen molar-refractivity contribution in [2.45, 2.75) is 36.8 Å². The fourth-order valence-electron chi connectivity index (χ4n) is 2.99. The molecule has 0 bridgehead atoms. The normalized spacial score (nSPS) is 21.4. The zero-order chi connectivity index (χ0) is 17.9. The molecule has 1 saturated heterocycles. The van der Waals surface area contributed by atoms with Gasteiger partial charge in [-0.1, -0.05) is 6.07 Å². The van der Waals surface area contributed by atoms with E-state index < -0.39 is 16.0 Å². The summed E-state index contributed by atoms with van der Waals surface area (Å²) in [5.41, 5.74) is 6.57. The van der Waals surface area contributed by atoms with Crippen molar-refractivity contribution in [2.75, 3.05) is 27.3 Å². The largest absolute Gasteiger partial charge is 0.465 e. The number of aryl methyl sites for hydroxylation is 1. The topological polar surface area (TPSA) is 98.9 Å². The second-order valence-electron chi connectivity index (χ2n) is 5.86. The fraction of sp³-hybridized carbons (Fsp3) is 0.562. The molecule has 2 atom stereocenters. The first-order valence-electron chi connectivity index (χ1n) is 7.78. The van der Waals surface area contributed by atoms with E-state index in [4.69, 9.17) is 10.5 Å². The maximum absolute atomic E-state index is 13.1. The average molecular weight is 393 g/mol. The quantitative estimate of drug-likeness (QED) is 0.759. The molecule has 0 radical (unpaired) electrons. The first kappa shape index (κ1) is 21.9. The summed E-state index contributed by atoms with van der Waals surface area (Å²) in [5, 5.41) is 0. The van der Waals surface area contributed by atoms with Crippen LogP contribution in [0.2, 0.25) is 0 Å². The van der Waals surface area contributed by atoms with Gasteiger partial charge in [-0.15, -0.1) is 12.4 Å². The number of ether oxygens (including phenoxy) is 2. The predicted octanol–water partition coefficient (Wildman–Crippen LogP) is 1.33. The molecule has 2 rings (SSSR count). The Balaban J connectivity index is 0.00000312. The Bertz CT molecular complexity index is 710. The fourth-order valence-corrected chi connectivity index (χ4v) is 4.90. The van der Waals surface area contributed by atoms with Crippen LogP contribution >= 0.6 is 12.4 Å². The lowest BCUT2D eigenvalue weighted by Gasteiger charge is -2.37. The van der Waals surface area contributed by atoms with Gasteiger partial charge in [-0.2, -0.15) is 4.31 Å². The number of rotatable bonds is 5. The number of carbonyl (C=O) groups excluding carboxylic acids is 1. The Labute approximate surface area is 154 Å². The van der Waals surface area contributed by atoms with Crippen LogP contribution < -0.4 is 5.73 Å². The summed E-state index contributed by atoms with van der Waals surface area (Å²) < 4.78 is 37.7. The molecule has 2 N–H and O–H groups in total. The van der Waals surface area contributed by atoms with E-state index in [9.17, 15) is 13.2 Å². The molecule has 1 fully saturated rings. The van der Waals surface area contributed by atoms with Crippen LogP contribution in [0.3, 0.4) is 0 Å². The van der Waals surface area contributed by atoms with Gasteiger partial charge >= 0.3 is 5.97 Å². The summed E-state index contributed by atoms with van der Waals surface area (Å²) in [6, 6.07) is 4.21. The van der Waals surface area contributed by atoms with Gasteiger partial charge in [-0.25, -0.2) is 13.2 Å². The summed E-state index contributed by atoms with van der Waals surface area (Å²) in [5.74, 6) is -0.570. The number of sulfonamides is 1. The monoisotopic (exact) mass is 392 g/mol. The second kappa shape index (κ2) is 8.95. The lowest BCUT2D eigenvalue weighted by atomic mass is 10.0. The van der Waals surface area contributed by atoms with Crippen LogP contribution in [-0.4, -0.2) is 58.1 Å². The molecular weight excluding hydrogens is 368 g/mol. The number of hydrogen-bond acceptors (Lipinski definition) is 6. The number of methoxy groups -OCH3 is 2.